The topological polar surface area (TPSA) is 46.2 Å². The predicted octanol–water partition coefficient (Wildman–Crippen LogP) is 4.27. The fraction of sp³-hybridized carbons (Fsp3) is 0. The zero-order valence-electron chi connectivity index (χ0n) is 10.0. The molecule has 0 atom stereocenters. The van der Waals surface area contributed by atoms with Crippen LogP contribution in [0.25, 0.3) is 0 Å². The van der Waals surface area contributed by atoms with Gasteiger partial charge >= 0.3 is 0 Å². The molecule has 0 aromatic heterocycles. The first kappa shape index (κ1) is 16.6. The lowest BCUT2D eigenvalue weighted by atomic mass is 10.3. The van der Waals surface area contributed by atoms with Gasteiger partial charge in [0.15, 0.2) is 0 Å². The summed E-state index contributed by atoms with van der Waals surface area (Å²) in [5.74, 6) is -2.67. The summed E-state index contributed by atoms with van der Waals surface area (Å²) in [6, 6.07) is 4.71. The Morgan fingerprint density at radius 3 is 2.29 bits per heavy atom. The fourth-order valence-corrected chi connectivity index (χ4v) is 4.60. The molecule has 2 rings (SSSR count). The number of hydrogen-bond donors (Lipinski definition) is 1. The molecule has 0 aliphatic heterocycles. The number of nitrogens with one attached hydrogen (secondary N) is 1. The van der Waals surface area contributed by atoms with Crippen molar-refractivity contribution < 1.29 is 21.6 Å². The van der Waals surface area contributed by atoms with Crippen LogP contribution in [0.4, 0.5) is 18.9 Å². The van der Waals surface area contributed by atoms with Gasteiger partial charge in [0.2, 0.25) is 0 Å². The molecule has 0 spiro atoms. The number of halogens is 5. The lowest BCUT2D eigenvalue weighted by Crippen LogP contribution is -2.16. The van der Waals surface area contributed by atoms with Gasteiger partial charge in [-0.05, 0) is 62.8 Å². The third-order valence-electron chi connectivity index (χ3n) is 2.41. The average molecular weight is 492 g/mol. The molecule has 112 valence electrons. The largest absolute Gasteiger partial charge is 0.278 e. The van der Waals surface area contributed by atoms with Crippen LogP contribution < -0.4 is 4.72 Å². The highest BCUT2D eigenvalue weighted by Crippen LogP contribution is 2.29. The van der Waals surface area contributed by atoms with Gasteiger partial charge in [-0.25, -0.2) is 21.6 Å². The zero-order chi connectivity index (χ0) is 15.8. The molecule has 0 saturated heterocycles. The molecule has 0 unspecified atom stereocenters. The highest BCUT2D eigenvalue weighted by Gasteiger charge is 2.24. The Morgan fingerprint density at radius 1 is 1.05 bits per heavy atom. The monoisotopic (exact) mass is 491 g/mol. The quantitative estimate of drug-likeness (QED) is 0.652. The summed E-state index contributed by atoms with van der Waals surface area (Å²) in [4.78, 5) is -0.718. The van der Waals surface area contributed by atoms with Crippen LogP contribution in [0.15, 0.2) is 39.7 Å². The summed E-state index contributed by atoms with van der Waals surface area (Å²) < 4.78 is 66.3. The normalized spacial score (nSPS) is 11.5. The summed E-state index contributed by atoms with van der Waals surface area (Å²) in [5, 5.41) is 0. The molecule has 3 nitrogen and oxygen atoms in total. The maximum absolute atomic E-state index is 13.7. The number of rotatable bonds is 3. The molecule has 0 radical (unpaired) electrons. The zero-order valence-corrected chi connectivity index (χ0v) is 14.6. The lowest BCUT2D eigenvalue weighted by molar-refractivity contribution is 0.548. The number of sulfonamides is 1. The molecule has 0 amide bonds. The molecular weight excluding hydrogens is 486 g/mol. The van der Waals surface area contributed by atoms with Crippen molar-refractivity contribution >= 4 is 54.2 Å². The van der Waals surface area contributed by atoms with Crippen molar-refractivity contribution in [1.29, 1.82) is 0 Å². The first-order valence-corrected chi connectivity index (χ1v) is 8.68. The second kappa shape index (κ2) is 6.13. The van der Waals surface area contributed by atoms with E-state index in [1.54, 1.807) is 22.6 Å². The van der Waals surface area contributed by atoms with Crippen molar-refractivity contribution in [1.82, 2.24) is 0 Å². The summed E-state index contributed by atoms with van der Waals surface area (Å²) in [6.45, 7) is 0. The van der Waals surface area contributed by atoms with Gasteiger partial charge in [0.05, 0.1) is 5.69 Å². The minimum absolute atomic E-state index is 0.0904. The Kier molecular flexibility index (Phi) is 4.83. The summed E-state index contributed by atoms with van der Waals surface area (Å²) in [5.41, 5.74) is 0.0904. The van der Waals surface area contributed by atoms with E-state index in [-0.39, 0.29) is 10.2 Å². The first-order chi connectivity index (χ1) is 9.70. The van der Waals surface area contributed by atoms with Gasteiger partial charge in [-0.15, -0.1) is 0 Å². The molecule has 0 fully saturated rings. The maximum Gasteiger partial charge on any atom is 0.265 e. The summed E-state index contributed by atoms with van der Waals surface area (Å²) >= 11 is 4.55. The van der Waals surface area contributed by atoms with Crippen LogP contribution in [0.1, 0.15) is 0 Å². The second-order valence-electron chi connectivity index (χ2n) is 3.93. The van der Waals surface area contributed by atoms with Crippen molar-refractivity contribution in [2.45, 2.75) is 4.90 Å². The van der Waals surface area contributed by atoms with Crippen LogP contribution in [-0.2, 0) is 10.0 Å². The van der Waals surface area contributed by atoms with E-state index in [1.165, 1.54) is 6.07 Å². The highest BCUT2D eigenvalue weighted by atomic mass is 127. The molecule has 9 heteroatoms. The third kappa shape index (κ3) is 3.69. The van der Waals surface area contributed by atoms with Crippen molar-refractivity contribution in [3.63, 3.8) is 0 Å². The molecular formula is C12H6BrF3INO2S. The van der Waals surface area contributed by atoms with E-state index in [4.69, 9.17) is 0 Å². The third-order valence-corrected chi connectivity index (χ3v) is 5.63. The number of hydrogen-bond acceptors (Lipinski definition) is 2. The molecule has 0 saturated carbocycles. The summed E-state index contributed by atoms with van der Waals surface area (Å²) in [6.07, 6.45) is 0. The molecule has 0 bridgehead atoms. The maximum atomic E-state index is 13.7. The van der Waals surface area contributed by atoms with Crippen LogP contribution in [-0.4, -0.2) is 8.42 Å². The van der Waals surface area contributed by atoms with Crippen molar-refractivity contribution in [2.75, 3.05) is 4.72 Å². The predicted molar refractivity (Wildman–Crippen MR) is 84.0 cm³/mol. The van der Waals surface area contributed by atoms with Crippen LogP contribution in [0, 0.1) is 21.0 Å². The minimum Gasteiger partial charge on any atom is -0.278 e. The van der Waals surface area contributed by atoms with E-state index < -0.39 is 32.4 Å². The first-order valence-electron chi connectivity index (χ1n) is 5.33. The highest BCUT2D eigenvalue weighted by molar-refractivity contribution is 14.1. The van der Waals surface area contributed by atoms with E-state index in [0.29, 0.717) is 9.64 Å². The number of benzene rings is 2. The van der Waals surface area contributed by atoms with E-state index in [9.17, 15) is 21.6 Å². The Morgan fingerprint density at radius 2 is 1.71 bits per heavy atom. The Bertz CT molecular complexity index is 791. The van der Waals surface area contributed by atoms with Crippen LogP contribution in [0.2, 0.25) is 0 Å². The van der Waals surface area contributed by atoms with E-state index in [0.717, 1.165) is 18.2 Å². The summed E-state index contributed by atoms with van der Waals surface area (Å²) in [7, 11) is -4.29. The minimum atomic E-state index is -4.29. The molecule has 2 aromatic carbocycles. The molecule has 1 N–H and O–H groups in total. The standard InChI is InChI=1S/C12H6BrF3INO2S/c13-8-3-7(15)4-9(16)12(8)21(19,20)18-11-2-1-6(14)5-10(11)17/h1-5,18H. The van der Waals surface area contributed by atoms with Crippen LogP contribution >= 0.6 is 38.5 Å². The average Bonchev–Trinajstić information content (AvgIpc) is 2.30. The molecule has 2 aromatic rings. The molecule has 21 heavy (non-hydrogen) atoms. The Labute approximate surface area is 140 Å². The molecule has 0 aliphatic rings. The fourth-order valence-electron chi connectivity index (χ4n) is 1.55. The van der Waals surface area contributed by atoms with Crippen LogP contribution in [0.5, 0.6) is 0 Å². The van der Waals surface area contributed by atoms with Crippen LogP contribution in [0.3, 0.4) is 0 Å². The van der Waals surface area contributed by atoms with Gasteiger partial charge in [-0.3, -0.25) is 4.72 Å². The van der Waals surface area contributed by atoms with E-state index in [2.05, 4.69) is 20.7 Å². The van der Waals surface area contributed by atoms with Gasteiger partial charge in [0.1, 0.15) is 22.3 Å². The Hall–Kier alpha value is -0.810. The van der Waals surface area contributed by atoms with E-state index >= 15 is 0 Å². The van der Waals surface area contributed by atoms with Gasteiger partial charge in [0, 0.05) is 14.1 Å². The lowest BCUT2D eigenvalue weighted by Gasteiger charge is -2.12. The smallest absolute Gasteiger partial charge is 0.265 e. The van der Waals surface area contributed by atoms with Crippen molar-refractivity contribution in [3.8, 4) is 0 Å². The van der Waals surface area contributed by atoms with Crippen molar-refractivity contribution in [3.05, 3.63) is 55.8 Å². The Balaban J connectivity index is 2.48. The SMILES string of the molecule is O=S(=O)(Nc1ccc(F)cc1I)c1c(F)cc(F)cc1Br. The van der Waals surface area contributed by atoms with Gasteiger partial charge in [-0.2, -0.15) is 0 Å². The molecule has 0 aliphatic carbocycles. The van der Waals surface area contributed by atoms with E-state index in [1.807, 2.05) is 0 Å². The number of anilines is 1. The van der Waals surface area contributed by atoms with Gasteiger partial charge in [-0.1, -0.05) is 0 Å². The second-order valence-corrected chi connectivity index (χ2v) is 7.56. The van der Waals surface area contributed by atoms with Gasteiger partial charge < -0.3 is 0 Å². The molecule has 0 heterocycles. The van der Waals surface area contributed by atoms with Crippen molar-refractivity contribution in [2.24, 2.45) is 0 Å². The van der Waals surface area contributed by atoms with Gasteiger partial charge in [0.25, 0.3) is 10.0 Å².